The number of aromatic nitrogens is 4. The summed E-state index contributed by atoms with van der Waals surface area (Å²) in [6.45, 7) is 6.10. The van der Waals surface area contributed by atoms with E-state index >= 15 is 4.39 Å². The second-order valence-electron chi connectivity index (χ2n) is 19.1. The number of likely N-dealkylation sites (tertiary alicyclic amines) is 1. The fourth-order valence-corrected chi connectivity index (χ4v) is 13.6. The van der Waals surface area contributed by atoms with Crippen LogP contribution in [0.4, 0.5) is 27.5 Å². The van der Waals surface area contributed by atoms with Crippen molar-refractivity contribution in [1.29, 1.82) is 0 Å². The molecule has 15 nitrogen and oxygen atoms in total. The number of imidazole rings is 1. The van der Waals surface area contributed by atoms with Gasteiger partial charge >= 0.3 is 5.69 Å². The first-order valence-corrected chi connectivity index (χ1v) is 24.3. The molecule has 6 aliphatic rings. The van der Waals surface area contributed by atoms with Crippen molar-refractivity contribution in [1.82, 2.24) is 29.3 Å². The van der Waals surface area contributed by atoms with E-state index in [4.69, 9.17) is 4.98 Å². The summed E-state index contributed by atoms with van der Waals surface area (Å²) in [4.78, 5) is 66.7. The quantitative estimate of drug-likeness (QED) is 0.205. The topological polar surface area (TPSA) is 172 Å². The highest BCUT2D eigenvalue weighted by atomic mass is 32.2. The molecule has 1 unspecified atom stereocenters. The molecule has 334 valence electrons. The van der Waals surface area contributed by atoms with Crippen LogP contribution in [0.1, 0.15) is 101 Å². The summed E-state index contributed by atoms with van der Waals surface area (Å²) in [5.74, 6) is 0.265. The van der Waals surface area contributed by atoms with E-state index < -0.39 is 38.5 Å². The Labute approximate surface area is 366 Å². The SMILES string of the molecule is Cc1cc(S(=O)(=O)C2CC3(CCN(CC4CCN(c5ccc6c(c5F)n(C)c(=O)n6C5CCC(=O)NC5=O)CC4)CC3)C2)ccc1Nc1ncc2c(n1)N(C1CCCC1)C(=O)CC2. The molecule has 2 N–H and O–H groups in total. The highest BCUT2D eigenvalue weighted by Crippen LogP contribution is 2.53. The van der Waals surface area contributed by atoms with Crippen molar-refractivity contribution in [2.75, 3.05) is 47.8 Å². The Hall–Kier alpha value is -5.16. The molecule has 1 atom stereocenters. The number of hydrogen-bond acceptors (Lipinski definition) is 11. The summed E-state index contributed by atoms with van der Waals surface area (Å²) in [7, 11) is -2.00. The summed E-state index contributed by atoms with van der Waals surface area (Å²) in [6, 6.07) is 7.95. The van der Waals surface area contributed by atoms with Gasteiger partial charge in [-0.05, 0) is 131 Å². The third-order valence-corrected chi connectivity index (χ3v) is 17.4. The maximum absolute atomic E-state index is 16.2. The summed E-state index contributed by atoms with van der Waals surface area (Å²) in [6.07, 6.45) is 12.6. The van der Waals surface area contributed by atoms with Crippen LogP contribution in [0.3, 0.4) is 0 Å². The van der Waals surface area contributed by atoms with Crippen LogP contribution in [-0.2, 0) is 37.7 Å². The number of amides is 3. The van der Waals surface area contributed by atoms with Crippen molar-refractivity contribution in [3.05, 3.63) is 64.0 Å². The molecule has 0 radical (unpaired) electrons. The van der Waals surface area contributed by atoms with Crippen LogP contribution in [0, 0.1) is 24.1 Å². The molecule has 17 heteroatoms. The van der Waals surface area contributed by atoms with E-state index in [0.717, 1.165) is 87.8 Å². The highest BCUT2D eigenvalue weighted by molar-refractivity contribution is 7.92. The monoisotopic (exact) mass is 881 g/mol. The lowest BCUT2D eigenvalue weighted by Crippen LogP contribution is -2.52. The summed E-state index contributed by atoms with van der Waals surface area (Å²) < 4.78 is 46.6. The molecule has 4 aromatic rings. The average molecular weight is 882 g/mol. The Morgan fingerprint density at radius 1 is 0.921 bits per heavy atom. The minimum Gasteiger partial charge on any atom is -0.369 e. The van der Waals surface area contributed by atoms with Crippen LogP contribution in [0.15, 0.2) is 46.2 Å². The first-order valence-electron chi connectivity index (χ1n) is 22.8. The van der Waals surface area contributed by atoms with E-state index in [0.29, 0.717) is 72.6 Å². The minimum atomic E-state index is -3.51. The molecule has 0 bridgehead atoms. The number of fused-ring (bicyclic) bond motifs is 2. The molecule has 6 heterocycles. The van der Waals surface area contributed by atoms with Gasteiger partial charge < -0.3 is 15.1 Å². The van der Waals surface area contributed by atoms with Gasteiger partial charge in [0.15, 0.2) is 15.7 Å². The van der Waals surface area contributed by atoms with E-state index in [9.17, 15) is 27.6 Å². The van der Waals surface area contributed by atoms with Crippen molar-refractivity contribution in [2.24, 2.45) is 18.4 Å². The van der Waals surface area contributed by atoms with Crippen molar-refractivity contribution in [3.63, 3.8) is 0 Å². The zero-order valence-corrected chi connectivity index (χ0v) is 36.9. The van der Waals surface area contributed by atoms with Crippen molar-refractivity contribution in [3.8, 4) is 0 Å². The average Bonchev–Trinajstić information content (AvgIpc) is 3.88. The molecule has 63 heavy (non-hydrogen) atoms. The number of rotatable bonds is 9. The van der Waals surface area contributed by atoms with Gasteiger partial charge in [-0.2, -0.15) is 4.98 Å². The third-order valence-electron chi connectivity index (χ3n) is 15.2. The van der Waals surface area contributed by atoms with Gasteiger partial charge in [-0.25, -0.2) is 22.6 Å². The number of anilines is 4. The maximum atomic E-state index is 16.2. The molecule has 2 aromatic carbocycles. The number of nitrogens with one attached hydrogen (secondary N) is 2. The number of imide groups is 1. The van der Waals surface area contributed by atoms with Gasteiger partial charge in [0, 0.05) is 63.0 Å². The highest BCUT2D eigenvalue weighted by Gasteiger charge is 2.51. The zero-order valence-electron chi connectivity index (χ0n) is 36.1. The van der Waals surface area contributed by atoms with Gasteiger partial charge in [0.1, 0.15) is 17.4 Å². The number of piperidine rings is 3. The Morgan fingerprint density at radius 2 is 1.67 bits per heavy atom. The fourth-order valence-electron chi connectivity index (χ4n) is 11.5. The molecule has 2 aromatic heterocycles. The molecule has 10 rings (SSSR count). The second kappa shape index (κ2) is 16.1. The molecule has 5 fully saturated rings. The van der Waals surface area contributed by atoms with Gasteiger partial charge in [0.25, 0.3) is 0 Å². The Morgan fingerprint density at radius 3 is 2.38 bits per heavy atom. The lowest BCUT2D eigenvalue weighted by molar-refractivity contribution is -0.135. The van der Waals surface area contributed by atoms with Crippen molar-refractivity contribution in [2.45, 2.75) is 119 Å². The predicted octanol–water partition coefficient (Wildman–Crippen LogP) is 5.46. The van der Waals surface area contributed by atoms with Crippen LogP contribution in [0.25, 0.3) is 11.0 Å². The van der Waals surface area contributed by atoms with Gasteiger partial charge in [0.2, 0.25) is 23.7 Å². The van der Waals surface area contributed by atoms with E-state index in [1.807, 2.05) is 22.9 Å². The number of carbonyl (C=O) groups is 3. The number of nitrogens with zero attached hydrogens (tertiary/aromatic N) is 7. The number of hydrogen-bond donors (Lipinski definition) is 2. The van der Waals surface area contributed by atoms with Gasteiger partial charge in [0.05, 0.1) is 21.3 Å². The van der Waals surface area contributed by atoms with Gasteiger partial charge in [-0.1, -0.05) is 12.8 Å². The number of sulfone groups is 1. The van der Waals surface area contributed by atoms with E-state index in [1.54, 1.807) is 30.3 Å². The lowest BCUT2D eigenvalue weighted by Gasteiger charge is -2.52. The molecule has 2 aliphatic carbocycles. The Kier molecular flexibility index (Phi) is 10.7. The molecule has 1 spiro atoms. The molecule has 4 aliphatic heterocycles. The van der Waals surface area contributed by atoms with Crippen LogP contribution in [0.2, 0.25) is 0 Å². The number of carbonyl (C=O) groups excluding carboxylic acids is 3. The van der Waals surface area contributed by atoms with Gasteiger partial charge in [-0.3, -0.25) is 33.7 Å². The van der Waals surface area contributed by atoms with E-state index in [1.165, 1.54) is 16.2 Å². The number of halogens is 1. The second-order valence-corrected chi connectivity index (χ2v) is 21.3. The molecular formula is C46H56FN9O6S. The molecule has 2 saturated carbocycles. The largest absolute Gasteiger partial charge is 0.369 e. The lowest BCUT2D eigenvalue weighted by atomic mass is 9.63. The number of benzene rings is 2. The minimum absolute atomic E-state index is 0.0547. The Balaban J connectivity index is 0.715. The van der Waals surface area contributed by atoms with Gasteiger partial charge in [-0.15, -0.1) is 0 Å². The van der Waals surface area contributed by atoms with E-state index in [2.05, 4.69) is 20.5 Å². The van der Waals surface area contributed by atoms with Crippen LogP contribution < -0.4 is 26.1 Å². The summed E-state index contributed by atoms with van der Waals surface area (Å²) >= 11 is 0. The predicted molar refractivity (Wildman–Crippen MR) is 236 cm³/mol. The molecular weight excluding hydrogens is 826 g/mol. The number of aryl methyl sites for hydroxylation is 3. The van der Waals surface area contributed by atoms with E-state index in [-0.39, 0.29) is 41.6 Å². The first kappa shape index (κ1) is 41.8. The normalized spacial score (nSPS) is 22.8. The smallest absolute Gasteiger partial charge is 0.329 e. The van der Waals surface area contributed by atoms with Crippen LogP contribution in [0.5, 0.6) is 0 Å². The van der Waals surface area contributed by atoms with Crippen LogP contribution >= 0.6 is 0 Å². The fraction of sp³-hybridized carbons (Fsp3) is 0.565. The molecule has 3 amide bonds. The van der Waals surface area contributed by atoms with Crippen LogP contribution in [-0.4, -0.2) is 94.2 Å². The standard InChI is InChI=1S/C46H56FN9O6S/c1-28-23-32(8-9-34(28)49-44-48-26-30-7-14-39(58)55(42(30)51-44)31-5-3-4-6-31)63(61,62)33-24-46(25-33)17-21-53(22-18-46)27-29-15-19-54(20-16-29)35-10-11-36-41(40(35)47)52(2)45(60)56(36)37-12-13-38(57)50-43(37)59/h8-11,23,26,29,31,33,37H,3-7,12-22,24-25,27H2,1-2H3,(H,48,49,51)(H,50,57,59). The summed E-state index contributed by atoms with van der Waals surface area (Å²) in [5, 5.41) is 5.19. The Bertz CT molecular complexity index is 2670. The first-order chi connectivity index (χ1) is 30.3. The molecule has 3 saturated heterocycles. The maximum Gasteiger partial charge on any atom is 0.329 e. The summed E-state index contributed by atoms with van der Waals surface area (Å²) in [5.41, 5.74) is 3.00. The van der Waals surface area contributed by atoms with Crippen molar-refractivity contribution >= 4 is 61.7 Å². The zero-order chi connectivity index (χ0) is 43.8. The van der Waals surface area contributed by atoms with Crippen molar-refractivity contribution < 1.29 is 27.2 Å². The third kappa shape index (κ3) is 7.51.